The maximum Gasteiger partial charge on any atom is 0.189 e. The average molecular weight is 346 g/mol. The predicted octanol–water partition coefficient (Wildman–Crippen LogP) is 4.30. The highest BCUT2D eigenvalue weighted by Gasteiger charge is 2.34. The van der Waals surface area contributed by atoms with Crippen molar-refractivity contribution in [2.45, 2.75) is 65.6 Å². The van der Waals surface area contributed by atoms with E-state index >= 15 is 0 Å². The van der Waals surface area contributed by atoms with Gasteiger partial charge < -0.3 is 9.47 Å². The van der Waals surface area contributed by atoms with Crippen LogP contribution in [0, 0.1) is 0 Å². The van der Waals surface area contributed by atoms with Gasteiger partial charge in [0.1, 0.15) is 23.8 Å². The van der Waals surface area contributed by atoms with Crippen LogP contribution in [0.1, 0.15) is 54.4 Å². The highest BCUT2D eigenvalue weighted by atomic mass is 17.2. The Morgan fingerprint density at radius 2 is 1.62 bits per heavy atom. The molecule has 0 unspecified atom stereocenters. The van der Waals surface area contributed by atoms with E-state index in [1.54, 1.807) is 13.4 Å². The van der Waals surface area contributed by atoms with Crippen molar-refractivity contribution in [2.75, 3.05) is 26.9 Å². The van der Waals surface area contributed by atoms with Crippen molar-refractivity contribution >= 4 is 0 Å². The summed E-state index contributed by atoms with van der Waals surface area (Å²) in [5.74, 6) is 0. The molecule has 0 atom stereocenters. The molecule has 0 aromatic carbocycles. The first kappa shape index (κ1) is 22.9. The summed E-state index contributed by atoms with van der Waals surface area (Å²) in [7, 11) is 1.67. The quantitative estimate of drug-likeness (QED) is 0.267. The van der Waals surface area contributed by atoms with Gasteiger partial charge in [-0.15, -0.1) is 9.68 Å². The molecular weight excluding hydrogens is 310 g/mol. The minimum absolute atomic E-state index is 0.317. The summed E-state index contributed by atoms with van der Waals surface area (Å²) in [5, 5.41) is 0. The molecule has 0 rings (SSSR count). The van der Waals surface area contributed by atoms with Gasteiger partial charge in [-0.1, -0.05) is 6.58 Å². The highest BCUT2D eigenvalue weighted by Crippen LogP contribution is 2.22. The second kappa shape index (κ2) is 10.7. The van der Waals surface area contributed by atoms with Crippen LogP contribution in [0.5, 0.6) is 0 Å². The number of hydroxylamine groups is 3. The Balaban J connectivity index is 4.58. The number of hydrogen-bond donors (Lipinski definition) is 0. The van der Waals surface area contributed by atoms with Crippen LogP contribution < -0.4 is 0 Å². The summed E-state index contributed by atoms with van der Waals surface area (Å²) < 4.78 is 11.2. The third-order valence-electron chi connectivity index (χ3n) is 3.48. The van der Waals surface area contributed by atoms with Crippen molar-refractivity contribution in [3.05, 3.63) is 25.2 Å². The first-order valence-corrected chi connectivity index (χ1v) is 8.53. The van der Waals surface area contributed by atoms with Gasteiger partial charge in [-0.25, -0.2) is 0 Å². The number of nitrogens with zero attached hydrogens (tertiary/aromatic N) is 1. The highest BCUT2D eigenvalue weighted by molar-refractivity contribution is 4.93. The smallest absolute Gasteiger partial charge is 0.189 e. The summed E-state index contributed by atoms with van der Waals surface area (Å²) in [5.41, 5.74) is -0.660. The van der Waals surface area contributed by atoms with Crippen LogP contribution in [0.15, 0.2) is 25.2 Å². The van der Waals surface area contributed by atoms with E-state index in [0.717, 1.165) is 12.8 Å². The molecule has 0 aliphatic heterocycles. The minimum Gasteiger partial charge on any atom is -0.496 e. The van der Waals surface area contributed by atoms with Crippen molar-refractivity contribution in [3.63, 3.8) is 0 Å². The molecule has 0 N–H and O–H groups in total. The molecule has 142 valence electrons. The van der Waals surface area contributed by atoms with Crippen molar-refractivity contribution in [1.82, 2.24) is 0 Å². The molecule has 0 bridgehead atoms. The zero-order valence-corrected chi connectivity index (χ0v) is 16.5. The van der Waals surface area contributed by atoms with Crippen LogP contribution in [0.25, 0.3) is 0 Å². The van der Waals surface area contributed by atoms with Crippen LogP contribution in [0.2, 0.25) is 0 Å². The molecule has 6 heteroatoms. The van der Waals surface area contributed by atoms with E-state index in [1.807, 2.05) is 47.6 Å². The standard InChI is InChI=1S/C18H36NO5/c1-9-22-19(23-10-2,24-11-3)15-12-13-18(6,7)21-16-14-17(4,5)20-8/h9,14,16H,1,10-13,15H2,2-8H3/q+1/b16-14+. The molecule has 0 aliphatic carbocycles. The molecule has 0 saturated carbocycles. The minimum atomic E-state index is -0.343. The fourth-order valence-corrected chi connectivity index (χ4v) is 1.99. The first-order chi connectivity index (χ1) is 11.2. The average Bonchev–Trinajstić information content (AvgIpc) is 2.47. The Bertz CT molecular complexity index is 374. The molecule has 0 aromatic rings. The number of rotatable bonds is 14. The molecule has 24 heavy (non-hydrogen) atoms. The van der Waals surface area contributed by atoms with Crippen molar-refractivity contribution in [2.24, 2.45) is 0 Å². The normalized spacial score (nSPS) is 13.3. The Morgan fingerprint density at radius 3 is 2.08 bits per heavy atom. The molecule has 0 heterocycles. The summed E-state index contributed by atoms with van der Waals surface area (Å²) in [6.45, 7) is 16.9. The van der Waals surface area contributed by atoms with Gasteiger partial charge in [0.2, 0.25) is 0 Å². The number of hydrogen-bond acceptors (Lipinski definition) is 5. The Kier molecular flexibility index (Phi) is 10.2. The largest absolute Gasteiger partial charge is 0.496 e. The van der Waals surface area contributed by atoms with Gasteiger partial charge in [-0.05, 0) is 54.0 Å². The Morgan fingerprint density at radius 1 is 1.04 bits per heavy atom. The van der Waals surface area contributed by atoms with Gasteiger partial charge in [0, 0.05) is 13.5 Å². The first-order valence-electron chi connectivity index (χ1n) is 8.53. The van der Waals surface area contributed by atoms with Gasteiger partial charge >= 0.3 is 0 Å². The molecule has 0 aliphatic rings. The van der Waals surface area contributed by atoms with E-state index < -0.39 is 0 Å². The molecule has 0 aromatic heterocycles. The molecule has 6 nitrogen and oxygen atoms in total. The van der Waals surface area contributed by atoms with Gasteiger partial charge in [-0.2, -0.15) is 0 Å². The Labute approximate surface area is 147 Å². The van der Waals surface area contributed by atoms with Crippen LogP contribution in [-0.2, 0) is 24.0 Å². The lowest BCUT2D eigenvalue weighted by atomic mass is 10.0. The Hall–Kier alpha value is -1.08. The number of quaternary nitrogens is 1. The topological polar surface area (TPSA) is 46.2 Å². The van der Waals surface area contributed by atoms with E-state index in [1.165, 1.54) is 6.26 Å². The van der Waals surface area contributed by atoms with Gasteiger partial charge in [0.15, 0.2) is 12.8 Å². The van der Waals surface area contributed by atoms with E-state index in [9.17, 15) is 0 Å². The molecule has 0 radical (unpaired) electrons. The van der Waals surface area contributed by atoms with Crippen molar-refractivity contribution < 1.29 is 29.0 Å². The fraction of sp³-hybridized carbons (Fsp3) is 0.778. The third-order valence-corrected chi connectivity index (χ3v) is 3.48. The maximum absolute atomic E-state index is 5.85. The monoisotopic (exact) mass is 346 g/mol. The summed E-state index contributed by atoms with van der Waals surface area (Å²) >= 11 is 0. The third kappa shape index (κ3) is 9.27. The summed E-state index contributed by atoms with van der Waals surface area (Å²) in [6.07, 6.45) is 6.55. The lowest BCUT2D eigenvalue weighted by Gasteiger charge is -2.29. The summed E-state index contributed by atoms with van der Waals surface area (Å²) in [6, 6.07) is 0. The van der Waals surface area contributed by atoms with Crippen molar-refractivity contribution in [1.29, 1.82) is 0 Å². The molecule has 0 spiro atoms. The van der Waals surface area contributed by atoms with E-state index in [2.05, 4.69) is 6.58 Å². The summed E-state index contributed by atoms with van der Waals surface area (Å²) in [4.78, 5) is 16.3. The zero-order valence-electron chi connectivity index (χ0n) is 16.5. The van der Waals surface area contributed by atoms with Crippen LogP contribution in [0.4, 0.5) is 0 Å². The van der Waals surface area contributed by atoms with E-state index in [4.69, 9.17) is 24.0 Å². The van der Waals surface area contributed by atoms with Gasteiger partial charge in [0.05, 0.1) is 11.9 Å². The number of ether oxygens (including phenoxy) is 2. The molecular formula is C18H36NO5+. The van der Waals surface area contributed by atoms with Gasteiger partial charge in [-0.3, -0.25) is 4.84 Å². The lowest BCUT2D eigenvalue weighted by Crippen LogP contribution is -2.47. The molecule has 0 saturated heterocycles. The van der Waals surface area contributed by atoms with Crippen LogP contribution in [-0.4, -0.2) is 43.0 Å². The maximum atomic E-state index is 5.85. The second-order valence-corrected chi connectivity index (χ2v) is 6.53. The SMILES string of the molecule is C=CO[N+](CCCC(C)(C)O/C=C/C(C)(C)OC)(OCC)OCC. The van der Waals surface area contributed by atoms with Gasteiger partial charge in [0.25, 0.3) is 0 Å². The second-order valence-electron chi connectivity index (χ2n) is 6.53. The van der Waals surface area contributed by atoms with Crippen LogP contribution >= 0.6 is 0 Å². The predicted molar refractivity (Wildman–Crippen MR) is 94.3 cm³/mol. The lowest BCUT2D eigenvalue weighted by molar-refractivity contribution is -1.36. The fourth-order valence-electron chi connectivity index (χ4n) is 1.99. The van der Waals surface area contributed by atoms with Crippen molar-refractivity contribution in [3.8, 4) is 0 Å². The van der Waals surface area contributed by atoms with E-state index in [-0.39, 0.29) is 16.2 Å². The van der Waals surface area contributed by atoms with E-state index in [0.29, 0.717) is 19.8 Å². The zero-order chi connectivity index (χ0) is 18.7. The number of methoxy groups -OCH3 is 1. The molecule has 0 amide bonds. The van der Waals surface area contributed by atoms with Crippen LogP contribution in [0.3, 0.4) is 0 Å². The molecule has 0 fully saturated rings.